The Hall–Kier alpha value is -2.68. The van der Waals surface area contributed by atoms with Crippen LogP contribution < -0.4 is 11.2 Å². The fourth-order valence-electron chi connectivity index (χ4n) is 1.36. The number of anilines is 2. The molecule has 0 fully saturated rings. The van der Waals surface area contributed by atoms with Gasteiger partial charge in [0.2, 0.25) is 0 Å². The van der Waals surface area contributed by atoms with Crippen LogP contribution in [-0.4, -0.2) is 0 Å². The average Bonchev–Trinajstić information content (AvgIpc) is 2.36. The molecule has 2 aromatic carbocycles. The molecule has 0 heterocycles. The number of nitrogens with one attached hydrogen (secondary N) is 1. The lowest BCUT2D eigenvalue weighted by atomic mass is 10.2. The number of nitrogens with two attached hydrogens (primary N) is 1. The van der Waals surface area contributed by atoms with E-state index in [4.69, 9.17) is 5.73 Å². The van der Waals surface area contributed by atoms with Gasteiger partial charge in [-0.3, -0.25) is 0 Å². The number of nitrogens with zero attached hydrogens (tertiary/aromatic N) is 1. The fraction of sp³-hybridized carbons (Fsp3) is 0. The second-order valence-corrected chi connectivity index (χ2v) is 3.70. The van der Waals surface area contributed by atoms with Crippen molar-refractivity contribution in [1.82, 2.24) is 0 Å². The Labute approximate surface area is 107 Å². The summed E-state index contributed by atoms with van der Waals surface area (Å²) in [5.74, 6) is -2.06. The standard InChI is InChI=1S/C13H9F3N3/c14-9-1-4-13(12(16)6-9)19-18-7-8-5-10(17)2-3-11(8)15/h1-6,19H,17H2/q+1. The van der Waals surface area contributed by atoms with Crippen LogP contribution >= 0.6 is 0 Å². The van der Waals surface area contributed by atoms with Gasteiger partial charge in [-0.15, -0.1) is 0 Å². The molecule has 19 heavy (non-hydrogen) atoms. The molecule has 0 amide bonds. The predicted octanol–water partition coefficient (Wildman–Crippen LogP) is 3.39. The van der Waals surface area contributed by atoms with E-state index < -0.39 is 17.5 Å². The van der Waals surface area contributed by atoms with Crippen molar-refractivity contribution >= 4 is 11.4 Å². The molecule has 0 aromatic heterocycles. The van der Waals surface area contributed by atoms with Crippen LogP contribution in [0.2, 0.25) is 0 Å². The van der Waals surface area contributed by atoms with Gasteiger partial charge in [0.1, 0.15) is 22.9 Å². The molecule has 0 saturated heterocycles. The minimum atomic E-state index is -0.807. The number of benzene rings is 2. The van der Waals surface area contributed by atoms with E-state index in [9.17, 15) is 13.2 Å². The van der Waals surface area contributed by atoms with Crippen LogP contribution in [0, 0.1) is 23.5 Å². The van der Waals surface area contributed by atoms with Gasteiger partial charge < -0.3 is 5.73 Å². The maximum Gasteiger partial charge on any atom is 0.360 e. The number of hydrogen-bond donors (Lipinski definition) is 2. The molecule has 0 bridgehead atoms. The molecule has 6 heteroatoms. The van der Waals surface area contributed by atoms with Crippen molar-refractivity contribution in [1.29, 1.82) is 0 Å². The summed E-state index contributed by atoms with van der Waals surface area (Å²) in [6.45, 7) is 0. The van der Waals surface area contributed by atoms with Crippen molar-refractivity contribution < 1.29 is 13.2 Å². The first-order valence-corrected chi connectivity index (χ1v) is 5.28. The third-order valence-corrected chi connectivity index (χ3v) is 2.27. The average molecular weight is 264 g/mol. The number of hydrogen-bond acceptors (Lipinski definition) is 2. The summed E-state index contributed by atoms with van der Waals surface area (Å²) in [6, 6.07) is 9.20. The van der Waals surface area contributed by atoms with Crippen molar-refractivity contribution in [3.63, 3.8) is 0 Å². The van der Waals surface area contributed by atoms with Gasteiger partial charge in [0.05, 0.1) is 4.95 Å². The van der Waals surface area contributed by atoms with Crippen LogP contribution in [0.5, 0.6) is 0 Å². The van der Waals surface area contributed by atoms with Crippen molar-refractivity contribution in [2.75, 3.05) is 11.2 Å². The first-order chi connectivity index (χ1) is 9.06. The Morgan fingerprint density at radius 3 is 2.53 bits per heavy atom. The lowest BCUT2D eigenvalue weighted by molar-refractivity contribution is 0.586. The molecule has 0 aliphatic carbocycles. The summed E-state index contributed by atoms with van der Waals surface area (Å²) in [5.41, 5.74) is 8.13. The molecule has 0 atom stereocenters. The van der Waals surface area contributed by atoms with Crippen LogP contribution in [0.1, 0.15) is 5.56 Å². The topological polar surface area (TPSA) is 42.4 Å². The smallest absolute Gasteiger partial charge is 0.360 e. The van der Waals surface area contributed by atoms with Gasteiger partial charge in [-0.25, -0.2) is 13.2 Å². The van der Waals surface area contributed by atoms with E-state index in [1.54, 1.807) is 0 Å². The second kappa shape index (κ2) is 5.31. The monoisotopic (exact) mass is 264 g/mol. The Kier molecular flexibility index (Phi) is 3.57. The van der Waals surface area contributed by atoms with Crippen LogP contribution in [0.4, 0.5) is 24.5 Å². The van der Waals surface area contributed by atoms with Crippen molar-refractivity contribution in [2.45, 2.75) is 0 Å². The summed E-state index contributed by atoms with van der Waals surface area (Å²) in [7, 11) is 0. The van der Waals surface area contributed by atoms with Gasteiger partial charge in [0, 0.05) is 11.8 Å². The molecule has 0 aliphatic heterocycles. The van der Waals surface area contributed by atoms with Crippen LogP contribution in [-0.2, 0) is 0 Å². The molecule has 0 saturated carbocycles. The predicted molar refractivity (Wildman–Crippen MR) is 67.1 cm³/mol. The van der Waals surface area contributed by atoms with Crippen LogP contribution in [0.3, 0.4) is 0 Å². The van der Waals surface area contributed by atoms with Gasteiger partial charge in [0.25, 0.3) is 0 Å². The van der Waals surface area contributed by atoms with E-state index >= 15 is 0 Å². The van der Waals surface area contributed by atoms with E-state index in [0.29, 0.717) is 11.8 Å². The molecule has 3 N–H and O–H groups in total. The van der Waals surface area contributed by atoms with E-state index in [1.807, 2.05) is 0 Å². The van der Waals surface area contributed by atoms with Gasteiger partial charge >= 0.3 is 6.07 Å². The Morgan fingerprint density at radius 1 is 1.00 bits per heavy atom. The summed E-state index contributed by atoms with van der Waals surface area (Å²) >= 11 is 0. The Morgan fingerprint density at radius 2 is 1.79 bits per heavy atom. The maximum atomic E-state index is 13.3. The summed E-state index contributed by atoms with van der Waals surface area (Å²) in [5, 5.41) is 0. The lowest BCUT2D eigenvalue weighted by Gasteiger charge is -1.93. The first-order valence-electron chi connectivity index (χ1n) is 5.28. The highest BCUT2D eigenvalue weighted by atomic mass is 19.1. The molecule has 0 aliphatic rings. The van der Waals surface area contributed by atoms with Gasteiger partial charge in [0.15, 0.2) is 5.82 Å². The molecule has 2 rings (SSSR count). The highest BCUT2D eigenvalue weighted by Gasteiger charge is 2.08. The summed E-state index contributed by atoms with van der Waals surface area (Å²) < 4.78 is 39.2. The minimum absolute atomic E-state index is 0.0371. The molecule has 3 nitrogen and oxygen atoms in total. The minimum Gasteiger partial charge on any atom is -0.399 e. The van der Waals surface area contributed by atoms with Crippen LogP contribution in [0.15, 0.2) is 36.4 Å². The van der Waals surface area contributed by atoms with E-state index in [1.165, 1.54) is 24.3 Å². The van der Waals surface area contributed by atoms with Gasteiger partial charge in [-0.2, -0.15) is 0 Å². The van der Waals surface area contributed by atoms with E-state index in [2.05, 4.69) is 16.4 Å². The van der Waals surface area contributed by atoms with Crippen molar-refractivity contribution in [3.05, 3.63) is 64.4 Å². The maximum absolute atomic E-state index is 13.3. The zero-order valence-electron chi connectivity index (χ0n) is 9.62. The first kappa shape index (κ1) is 12.8. The largest absolute Gasteiger partial charge is 0.399 e. The van der Waals surface area contributed by atoms with Crippen LogP contribution in [0.25, 0.3) is 4.95 Å². The number of rotatable bonds is 1. The molecule has 0 unspecified atom stereocenters. The van der Waals surface area contributed by atoms with E-state index in [-0.39, 0.29) is 11.3 Å². The molecule has 0 spiro atoms. The fourth-order valence-corrected chi connectivity index (χ4v) is 1.36. The quantitative estimate of drug-likeness (QED) is 0.612. The normalized spacial score (nSPS) is 9.63. The Bertz CT molecular complexity index is 675. The van der Waals surface area contributed by atoms with Gasteiger partial charge in [-0.05, 0) is 35.8 Å². The molecule has 96 valence electrons. The molecule has 0 radical (unpaired) electrons. The molecule has 2 aromatic rings. The highest BCUT2D eigenvalue weighted by Crippen LogP contribution is 2.15. The highest BCUT2D eigenvalue weighted by molar-refractivity contribution is 5.49. The van der Waals surface area contributed by atoms with E-state index in [0.717, 1.165) is 6.07 Å². The van der Waals surface area contributed by atoms with Crippen molar-refractivity contribution in [2.24, 2.45) is 0 Å². The van der Waals surface area contributed by atoms with Crippen molar-refractivity contribution in [3.8, 4) is 6.07 Å². The zero-order valence-corrected chi connectivity index (χ0v) is 9.62. The summed E-state index contributed by atoms with van der Waals surface area (Å²) in [6.07, 6.45) is 0. The second-order valence-electron chi connectivity index (χ2n) is 3.70. The molecular weight excluding hydrogens is 255 g/mol. The SMILES string of the molecule is Nc1ccc(F)c(C#[N+]Nc2ccc(F)cc2F)c1. The molecular formula is C13H9F3N3+. The number of nitrogen functional groups attached to an aromatic ring is 1. The third kappa shape index (κ3) is 3.16. The zero-order chi connectivity index (χ0) is 13.8. The third-order valence-electron chi connectivity index (χ3n) is 2.27. The van der Waals surface area contributed by atoms with Gasteiger partial charge in [-0.1, -0.05) is 0 Å². The Balaban J connectivity index is 2.19. The lowest BCUT2D eigenvalue weighted by Crippen LogP contribution is -1.92. The number of halogens is 3. The summed E-state index contributed by atoms with van der Waals surface area (Å²) in [4.78, 5) is 3.55.